The van der Waals surface area contributed by atoms with Crippen LogP contribution in [0.15, 0.2) is 12.4 Å². The van der Waals surface area contributed by atoms with E-state index in [1.165, 1.54) is 19.3 Å². The number of nitrogens with zero attached hydrogens (tertiary/aromatic N) is 3. The largest absolute Gasteiger partial charge is 0.341 e. The number of carbonyl (C=O) groups excluding carboxylic acids is 1. The van der Waals surface area contributed by atoms with Crippen molar-refractivity contribution < 1.29 is 9.00 Å². The molecule has 0 bridgehead atoms. The van der Waals surface area contributed by atoms with Crippen molar-refractivity contribution in [2.24, 2.45) is 0 Å². The fraction of sp³-hybridized carbons (Fsp3) is 0.750. The predicted octanol–water partition coefficient (Wildman–Crippen LogP) is 2.12. The molecule has 124 valence electrons. The van der Waals surface area contributed by atoms with Crippen LogP contribution in [0.2, 0.25) is 0 Å². The summed E-state index contributed by atoms with van der Waals surface area (Å²) >= 11 is 0. The molecule has 0 aliphatic carbocycles. The third-order valence-corrected chi connectivity index (χ3v) is 5.52. The van der Waals surface area contributed by atoms with Gasteiger partial charge in [-0.15, -0.1) is 0 Å². The Morgan fingerprint density at radius 3 is 2.55 bits per heavy atom. The topological polar surface area (TPSA) is 55.2 Å². The molecule has 1 aliphatic rings. The third-order valence-electron chi connectivity index (χ3n) is 4.24. The second-order valence-corrected chi connectivity index (χ2v) is 7.61. The Labute approximate surface area is 135 Å². The summed E-state index contributed by atoms with van der Waals surface area (Å²) < 4.78 is 13.5. The molecule has 0 unspecified atom stereocenters. The molecule has 0 spiro atoms. The van der Waals surface area contributed by atoms with Crippen molar-refractivity contribution in [2.75, 3.05) is 24.6 Å². The van der Waals surface area contributed by atoms with Gasteiger partial charge in [-0.1, -0.05) is 19.3 Å². The van der Waals surface area contributed by atoms with E-state index in [0.717, 1.165) is 25.2 Å². The lowest BCUT2D eigenvalue weighted by atomic mass is 10.1. The summed E-state index contributed by atoms with van der Waals surface area (Å²) in [6.45, 7) is 4.42. The molecule has 0 saturated carbocycles. The Bertz CT molecular complexity index is 491. The minimum Gasteiger partial charge on any atom is -0.341 e. The predicted molar refractivity (Wildman–Crippen MR) is 89.1 cm³/mol. The minimum absolute atomic E-state index is 0.241. The highest BCUT2D eigenvalue weighted by Crippen LogP contribution is 2.10. The second kappa shape index (κ2) is 9.08. The molecule has 2 rings (SSSR count). The van der Waals surface area contributed by atoms with Gasteiger partial charge in [-0.3, -0.25) is 9.00 Å². The van der Waals surface area contributed by atoms with Crippen molar-refractivity contribution in [2.45, 2.75) is 52.0 Å². The maximum Gasteiger partial charge on any atom is 0.222 e. The monoisotopic (exact) mass is 325 g/mol. The van der Waals surface area contributed by atoms with Gasteiger partial charge in [0.15, 0.2) is 0 Å². The van der Waals surface area contributed by atoms with E-state index in [1.54, 1.807) is 0 Å². The molecule has 0 aromatic carbocycles. The molecule has 1 saturated heterocycles. The number of carbonyl (C=O) groups is 1. The summed E-state index contributed by atoms with van der Waals surface area (Å²) in [7, 11) is -0.704. The van der Waals surface area contributed by atoms with Gasteiger partial charge in [-0.2, -0.15) is 0 Å². The Hall–Kier alpha value is -1.17. The van der Waals surface area contributed by atoms with Gasteiger partial charge in [0.1, 0.15) is 5.82 Å². The molecular weight excluding hydrogens is 298 g/mol. The third kappa shape index (κ3) is 5.55. The molecule has 1 amide bonds. The zero-order chi connectivity index (χ0) is 15.8. The lowest BCUT2D eigenvalue weighted by Gasteiger charge is -2.26. The number of aromatic nitrogens is 2. The summed E-state index contributed by atoms with van der Waals surface area (Å²) in [5.41, 5.74) is 0. The molecule has 0 N–H and O–H groups in total. The average molecular weight is 325 g/mol. The van der Waals surface area contributed by atoms with Gasteiger partial charge in [0.2, 0.25) is 5.91 Å². The van der Waals surface area contributed by atoms with E-state index in [0.29, 0.717) is 31.0 Å². The van der Waals surface area contributed by atoms with Gasteiger partial charge >= 0.3 is 0 Å². The highest BCUT2D eigenvalue weighted by atomic mass is 32.2. The fourth-order valence-corrected chi connectivity index (χ4v) is 3.83. The second-order valence-electron chi connectivity index (χ2n) is 5.91. The van der Waals surface area contributed by atoms with Gasteiger partial charge in [0, 0.05) is 60.8 Å². The minimum atomic E-state index is -0.704. The van der Waals surface area contributed by atoms with Crippen molar-refractivity contribution >= 4 is 16.7 Å². The van der Waals surface area contributed by atoms with Crippen molar-refractivity contribution in [3.8, 4) is 0 Å². The van der Waals surface area contributed by atoms with E-state index in [4.69, 9.17) is 0 Å². The molecular formula is C16H27N3O2S. The molecule has 1 aromatic rings. The van der Waals surface area contributed by atoms with Crippen molar-refractivity contribution in [1.82, 2.24) is 14.5 Å². The molecule has 0 radical (unpaired) electrons. The van der Waals surface area contributed by atoms with Crippen LogP contribution >= 0.6 is 0 Å². The first-order chi connectivity index (χ1) is 10.7. The Balaban J connectivity index is 1.48. The van der Waals surface area contributed by atoms with Crippen LogP contribution in [0, 0.1) is 6.92 Å². The Kier molecular flexibility index (Phi) is 7.09. The van der Waals surface area contributed by atoms with Crippen LogP contribution in [0.1, 0.15) is 44.3 Å². The Morgan fingerprint density at radius 2 is 1.86 bits per heavy atom. The van der Waals surface area contributed by atoms with Gasteiger partial charge in [-0.25, -0.2) is 4.98 Å². The molecule has 1 aromatic heterocycles. The molecule has 5 nitrogen and oxygen atoms in total. The Morgan fingerprint density at radius 1 is 1.18 bits per heavy atom. The first-order valence-corrected chi connectivity index (χ1v) is 9.76. The number of hydrogen-bond donors (Lipinski definition) is 0. The first-order valence-electron chi connectivity index (χ1n) is 8.27. The number of hydrogen-bond acceptors (Lipinski definition) is 3. The fourth-order valence-electron chi connectivity index (χ4n) is 2.77. The quantitative estimate of drug-likeness (QED) is 0.688. The number of unbranched alkanes of at least 4 members (excludes halogenated alkanes) is 4. The van der Waals surface area contributed by atoms with Crippen LogP contribution in [0.25, 0.3) is 0 Å². The summed E-state index contributed by atoms with van der Waals surface area (Å²) in [5.74, 6) is 2.62. The zero-order valence-electron chi connectivity index (χ0n) is 13.5. The number of amides is 1. The number of aryl methyl sites for hydroxylation is 2. The van der Waals surface area contributed by atoms with Crippen LogP contribution in [0.3, 0.4) is 0 Å². The first kappa shape index (κ1) is 17.2. The lowest BCUT2D eigenvalue weighted by Crippen LogP contribution is -2.41. The van der Waals surface area contributed by atoms with E-state index >= 15 is 0 Å². The maximum atomic E-state index is 12.0. The van der Waals surface area contributed by atoms with E-state index in [2.05, 4.69) is 9.55 Å². The van der Waals surface area contributed by atoms with Crippen molar-refractivity contribution in [3.05, 3.63) is 18.2 Å². The molecule has 2 heterocycles. The lowest BCUT2D eigenvalue weighted by molar-refractivity contribution is -0.130. The molecule has 1 aliphatic heterocycles. The zero-order valence-corrected chi connectivity index (χ0v) is 14.3. The van der Waals surface area contributed by atoms with Crippen molar-refractivity contribution in [3.63, 3.8) is 0 Å². The molecule has 6 heteroatoms. The van der Waals surface area contributed by atoms with Crippen molar-refractivity contribution in [1.29, 1.82) is 0 Å². The van der Waals surface area contributed by atoms with E-state index in [-0.39, 0.29) is 5.91 Å². The van der Waals surface area contributed by atoms with Gasteiger partial charge in [0.05, 0.1) is 0 Å². The van der Waals surface area contributed by atoms with Crippen LogP contribution in [-0.2, 0) is 22.1 Å². The van der Waals surface area contributed by atoms with E-state index in [9.17, 15) is 9.00 Å². The summed E-state index contributed by atoms with van der Waals surface area (Å²) in [6.07, 6.45) is 10.2. The van der Waals surface area contributed by atoms with Crippen LogP contribution in [0.4, 0.5) is 0 Å². The van der Waals surface area contributed by atoms with Crippen LogP contribution < -0.4 is 0 Å². The van der Waals surface area contributed by atoms with Gasteiger partial charge in [-0.05, 0) is 19.8 Å². The standard InChI is InChI=1S/C16H27N3O2S/c1-15-17-8-10-18(15)9-6-4-2-3-5-7-16(20)19-11-13-22(21)14-12-19/h8,10H,2-7,9,11-14H2,1H3. The highest BCUT2D eigenvalue weighted by Gasteiger charge is 2.19. The SMILES string of the molecule is Cc1nccn1CCCCCCCC(=O)N1CCS(=O)CC1. The number of imidazole rings is 1. The number of rotatable bonds is 8. The van der Waals surface area contributed by atoms with E-state index in [1.807, 2.05) is 24.2 Å². The molecule has 0 atom stereocenters. The molecule has 22 heavy (non-hydrogen) atoms. The van der Waals surface area contributed by atoms with E-state index < -0.39 is 10.8 Å². The van der Waals surface area contributed by atoms with Gasteiger partial charge in [0.25, 0.3) is 0 Å². The average Bonchev–Trinajstić information content (AvgIpc) is 2.92. The van der Waals surface area contributed by atoms with Crippen LogP contribution in [0.5, 0.6) is 0 Å². The maximum absolute atomic E-state index is 12.0. The summed E-state index contributed by atoms with van der Waals surface area (Å²) in [4.78, 5) is 18.1. The summed E-state index contributed by atoms with van der Waals surface area (Å²) in [5, 5.41) is 0. The highest BCUT2D eigenvalue weighted by molar-refractivity contribution is 7.85. The summed E-state index contributed by atoms with van der Waals surface area (Å²) in [6, 6.07) is 0. The van der Waals surface area contributed by atoms with Gasteiger partial charge < -0.3 is 9.47 Å². The smallest absolute Gasteiger partial charge is 0.222 e. The van der Waals surface area contributed by atoms with Crippen LogP contribution in [-0.4, -0.2) is 49.2 Å². The molecule has 1 fully saturated rings. The normalized spacial score (nSPS) is 16.1.